The molecule has 1 fully saturated rings. The summed E-state index contributed by atoms with van der Waals surface area (Å²) in [5.74, 6) is 0. The second-order valence-electron chi connectivity index (χ2n) is 4.28. The first-order valence-corrected chi connectivity index (χ1v) is 6.28. The summed E-state index contributed by atoms with van der Waals surface area (Å²) in [4.78, 5) is 6.43. The topological polar surface area (TPSA) is 61.2 Å². The van der Waals surface area contributed by atoms with E-state index in [2.05, 4.69) is 15.2 Å². The molecule has 2 heterocycles. The number of morpholine rings is 1. The standard InChI is InChI=1S/C13H18N4O/c14-10-12-2-3-13(11-16-12)15-4-1-5-17-6-8-18-9-7-17/h2-3,11,15H,1,4-9H2. The first kappa shape index (κ1) is 12.8. The molecule has 0 atom stereocenters. The number of anilines is 1. The average Bonchev–Trinajstić information content (AvgIpc) is 2.45. The molecule has 1 saturated heterocycles. The number of pyridine rings is 1. The summed E-state index contributed by atoms with van der Waals surface area (Å²) in [6.07, 6.45) is 2.80. The fourth-order valence-corrected chi connectivity index (χ4v) is 1.92. The van der Waals surface area contributed by atoms with Gasteiger partial charge in [-0.05, 0) is 25.1 Å². The number of rotatable bonds is 5. The Hall–Kier alpha value is -1.64. The Morgan fingerprint density at radius 3 is 2.89 bits per heavy atom. The van der Waals surface area contributed by atoms with Gasteiger partial charge in [-0.3, -0.25) is 4.90 Å². The average molecular weight is 246 g/mol. The Morgan fingerprint density at radius 1 is 1.39 bits per heavy atom. The van der Waals surface area contributed by atoms with E-state index in [1.54, 1.807) is 12.3 Å². The molecule has 2 rings (SSSR count). The SMILES string of the molecule is N#Cc1ccc(NCCCN2CCOCC2)cn1. The zero-order chi connectivity index (χ0) is 12.6. The number of aromatic nitrogens is 1. The third-order valence-corrected chi connectivity index (χ3v) is 2.96. The van der Waals surface area contributed by atoms with Crippen molar-refractivity contribution in [1.82, 2.24) is 9.88 Å². The molecule has 5 heteroatoms. The van der Waals surface area contributed by atoms with Gasteiger partial charge >= 0.3 is 0 Å². The van der Waals surface area contributed by atoms with Crippen LogP contribution in [-0.4, -0.2) is 49.3 Å². The lowest BCUT2D eigenvalue weighted by Crippen LogP contribution is -2.37. The number of hydrogen-bond donors (Lipinski definition) is 1. The van der Waals surface area contributed by atoms with Gasteiger partial charge in [-0.15, -0.1) is 0 Å². The smallest absolute Gasteiger partial charge is 0.140 e. The van der Waals surface area contributed by atoms with Crippen LogP contribution < -0.4 is 5.32 Å². The van der Waals surface area contributed by atoms with E-state index < -0.39 is 0 Å². The van der Waals surface area contributed by atoms with E-state index in [-0.39, 0.29) is 0 Å². The minimum atomic E-state index is 0.453. The fraction of sp³-hybridized carbons (Fsp3) is 0.538. The van der Waals surface area contributed by atoms with Crippen LogP contribution in [0, 0.1) is 11.3 Å². The van der Waals surface area contributed by atoms with Crippen LogP contribution in [-0.2, 0) is 4.74 Å². The summed E-state index contributed by atoms with van der Waals surface area (Å²) in [6.45, 7) is 5.81. The summed E-state index contributed by atoms with van der Waals surface area (Å²) in [7, 11) is 0. The summed E-state index contributed by atoms with van der Waals surface area (Å²) in [5.41, 5.74) is 1.42. The first-order chi connectivity index (χ1) is 8.88. The van der Waals surface area contributed by atoms with Gasteiger partial charge in [-0.25, -0.2) is 4.98 Å². The lowest BCUT2D eigenvalue weighted by Gasteiger charge is -2.26. The maximum Gasteiger partial charge on any atom is 0.140 e. The van der Waals surface area contributed by atoms with Crippen LogP contribution in [0.15, 0.2) is 18.3 Å². The molecule has 1 aromatic rings. The fourth-order valence-electron chi connectivity index (χ4n) is 1.92. The molecule has 0 amide bonds. The van der Waals surface area contributed by atoms with Crippen LogP contribution in [0.25, 0.3) is 0 Å². The van der Waals surface area contributed by atoms with Crippen molar-refractivity contribution in [2.24, 2.45) is 0 Å². The van der Waals surface area contributed by atoms with Crippen molar-refractivity contribution in [3.63, 3.8) is 0 Å². The minimum absolute atomic E-state index is 0.453. The highest BCUT2D eigenvalue weighted by Gasteiger charge is 2.08. The second kappa shape index (κ2) is 6.94. The molecule has 1 aliphatic heterocycles. The van der Waals surface area contributed by atoms with Gasteiger partial charge < -0.3 is 10.1 Å². The minimum Gasteiger partial charge on any atom is -0.384 e. The monoisotopic (exact) mass is 246 g/mol. The molecule has 18 heavy (non-hydrogen) atoms. The van der Waals surface area contributed by atoms with Crippen LogP contribution >= 0.6 is 0 Å². The largest absolute Gasteiger partial charge is 0.384 e. The normalized spacial score (nSPS) is 16.2. The van der Waals surface area contributed by atoms with E-state index in [0.29, 0.717) is 5.69 Å². The van der Waals surface area contributed by atoms with E-state index in [9.17, 15) is 0 Å². The van der Waals surface area contributed by atoms with Gasteiger partial charge in [0.2, 0.25) is 0 Å². The van der Waals surface area contributed by atoms with E-state index in [4.69, 9.17) is 10.00 Å². The van der Waals surface area contributed by atoms with Crippen molar-refractivity contribution >= 4 is 5.69 Å². The highest BCUT2D eigenvalue weighted by Crippen LogP contribution is 2.05. The number of hydrogen-bond acceptors (Lipinski definition) is 5. The third kappa shape index (κ3) is 3.99. The molecular formula is C13H18N4O. The molecule has 0 aromatic carbocycles. The van der Waals surface area contributed by atoms with E-state index in [0.717, 1.165) is 51.5 Å². The molecule has 0 bridgehead atoms. The Kier molecular flexibility index (Phi) is 4.94. The van der Waals surface area contributed by atoms with E-state index in [1.165, 1.54) is 0 Å². The molecule has 5 nitrogen and oxygen atoms in total. The zero-order valence-electron chi connectivity index (χ0n) is 10.4. The van der Waals surface area contributed by atoms with Crippen LogP contribution in [0.4, 0.5) is 5.69 Å². The van der Waals surface area contributed by atoms with Crippen molar-refractivity contribution in [3.8, 4) is 6.07 Å². The molecule has 0 unspecified atom stereocenters. The molecule has 0 saturated carbocycles. The molecular weight excluding hydrogens is 228 g/mol. The zero-order valence-corrected chi connectivity index (χ0v) is 10.4. The lowest BCUT2D eigenvalue weighted by molar-refractivity contribution is 0.0378. The summed E-state index contributed by atoms with van der Waals surface area (Å²) in [5, 5.41) is 11.9. The molecule has 0 spiro atoms. The summed E-state index contributed by atoms with van der Waals surface area (Å²) >= 11 is 0. The van der Waals surface area contributed by atoms with Crippen LogP contribution in [0.3, 0.4) is 0 Å². The predicted molar refractivity (Wildman–Crippen MR) is 69.3 cm³/mol. The van der Waals surface area contributed by atoms with Gasteiger partial charge in [0.15, 0.2) is 0 Å². The van der Waals surface area contributed by atoms with Gasteiger partial charge in [0.1, 0.15) is 11.8 Å². The van der Waals surface area contributed by atoms with E-state index >= 15 is 0 Å². The first-order valence-electron chi connectivity index (χ1n) is 6.28. The predicted octanol–water partition coefficient (Wildman–Crippen LogP) is 1.09. The lowest BCUT2D eigenvalue weighted by atomic mass is 10.3. The quantitative estimate of drug-likeness (QED) is 0.788. The Morgan fingerprint density at radius 2 is 2.22 bits per heavy atom. The van der Waals surface area contributed by atoms with Crippen molar-refractivity contribution in [1.29, 1.82) is 5.26 Å². The highest BCUT2D eigenvalue weighted by molar-refractivity contribution is 5.42. The number of nitrogens with one attached hydrogen (secondary N) is 1. The molecule has 1 N–H and O–H groups in total. The number of ether oxygens (including phenoxy) is 1. The third-order valence-electron chi connectivity index (χ3n) is 2.96. The molecule has 0 radical (unpaired) electrons. The molecule has 96 valence electrons. The summed E-state index contributed by atoms with van der Waals surface area (Å²) in [6, 6.07) is 5.62. The Labute approximate surface area is 107 Å². The van der Waals surface area contributed by atoms with E-state index in [1.807, 2.05) is 12.1 Å². The van der Waals surface area contributed by atoms with Crippen LogP contribution in [0.2, 0.25) is 0 Å². The summed E-state index contributed by atoms with van der Waals surface area (Å²) < 4.78 is 5.31. The highest BCUT2D eigenvalue weighted by atomic mass is 16.5. The maximum absolute atomic E-state index is 8.64. The molecule has 1 aliphatic rings. The van der Waals surface area contributed by atoms with Crippen molar-refractivity contribution < 1.29 is 4.74 Å². The van der Waals surface area contributed by atoms with Crippen molar-refractivity contribution in [2.45, 2.75) is 6.42 Å². The Balaban J connectivity index is 1.63. The molecule has 1 aromatic heterocycles. The van der Waals surface area contributed by atoms with Crippen molar-refractivity contribution in [3.05, 3.63) is 24.0 Å². The maximum atomic E-state index is 8.64. The van der Waals surface area contributed by atoms with Gasteiger partial charge in [0.25, 0.3) is 0 Å². The van der Waals surface area contributed by atoms with Crippen LogP contribution in [0.5, 0.6) is 0 Å². The second-order valence-corrected chi connectivity index (χ2v) is 4.28. The van der Waals surface area contributed by atoms with Crippen molar-refractivity contribution in [2.75, 3.05) is 44.7 Å². The van der Waals surface area contributed by atoms with Gasteiger partial charge in [0, 0.05) is 19.6 Å². The van der Waals surface area contributed by atoms with Crippen LogP contribution in [0.1, 0.15) is 12.1 Å². The Bertz CT molecular complexity index is 392. The van der Waals surface area contributed by atoms with Gasteiger partial charge in [-0.2, -0.15) is 5.26 Å². The van der Waals surface area contributed by atoms with Gasteiger partial charge in [-0.1, -0.05) is 0 Å². The number of nitrogens with zero attached hydrogens (tertiary/aromatic N) is 3. The van der Waals surface area contributed by atoms with Gasteiger partial charge in [0.05, 0.1) is 25.1 Å². The molecule has 0 aliphatic carbocycles. The number of nitriles is 1.